The molecule has 1 unspecified atom stereocenters. The van der Waals surface area contributed by atoms with E-state index in [0.29, 0.717) is 18.1 Å². The second-order valence-corrected chi connectivity index (χ2v) is 6.00. The lowest BCUT2D eigenvalue weighted by Crippen LogP contribution is -2.51. The molecule has 4 heteroatoms. The highest BCUT2D eigenvalue weighted by Crippen LogP contribution is 2.32. The molecule has 0 aliphatic carbocycles. The van der Waals surface area contributed by atoms with Crippen LogP contribution in [0, 0.1) is 0 Å². The predicted molar refractivity (Wildman–Crippen MR) is 84.3 cm³/mol. The number of para-hydroxylation sites is 1. The zero-order valence-corrected chi connectivity index (χ0v) is 12.7. The van der Waals surface area contributed by atoms with Crippen LogP contribution in [-0.2, 0) is 12.8 Å². The van der Waals surface area contributed by atoms with Crippen molar-refractivity contribution in [2.45, 2.75) is 18.4 Å². The first-order valence-electron chi connectivity index (χ1n) is 6.92. The van der Waals surface area contributed by atoms with Gasteiger partial charge < -0.3 is 15.2 Å². The molecule has 0 amide bonds. The summed E-state index contributed by atoms with van der Waals surface area (Å²) in [6, 6.07) is 13.6. The van der Waals surface area contributed by atoms with Crippen molar-refractivity contribution in [2.24, 2.45) is 5.73 Å². The van der Waals surface area contributed by atoms with Gasteiger partial charge in [0.15, 0.2) is 0 Å². The molecule has 1 heterocycles. The van der Waals surface area contributed by atoms with Gasteiger partial charge in [0.05, 0.1) is 12.6 Å². The Balaban J connectivity index is 1.87. The highest BCUT2D eigenvalue weighted by atomic mass is 35.5. The van der Waals surface area contributed by atoms with Crippen LogP contribution in [0.15, 0.2) is 42.5 Å². The maximum atomic E-state index is 6.56. The Bertz CT molecular complexity index is 659. The molecule has 2 aromatic rings. The fourth-order valence-corrected chi connectivity index (χ4v) is 3.02. The molecule has 0 radical (unpaired) electrons. The third-order valence-electron chi connectivity index (χ3n) is 3.82. The Kier molecular flexibility index (Phi) is 3.79. The van der Waals surface area contributed by atoms with Gasteiger partial charge in [0.2, 0.25) is 0 Å². The number of hydrogen-bond donors (Lipinski definition) is 1. The zero-order valence-electron chi connectivity index (χ0n) is 11.9. The summed E-state index contributed by atoms with van der Waals surface area (Å²) in [5, 5.41) is 0.687. The molecule has 0 saturated carbocycles. The van der Waals surface area contributed by atoms with Gasteiger partial charge in [0, 0.05) is 5.02 Å². The second kappa shape index (κ2) is 5.58. The Labute approximate surface area is 129 Å². The Morgan fingerprint density at radius 2 is 2.10 bits per heavy atom. The van der Waals surface area contributed by atoms with Crippen LogP contribution < -0.4 is 15.2 Å². The lowest BCUT2D eigenvalue weighted by Gasteiger charge is -2.35. The summed E-state index contributed by atoms with van der Waals surface area (Å²) in [6.07, 6.45) is 1.43. The van der Waals surface area contributed by atoms with Gasteiger partial charge in [-0.3, -0.25) is 0 Å². The van der Waals surface area contributed by atoms with E-state index >= 15 is 0 Å². The van der Waals surface area contributed by atoms with Gasteiger partial charge in [0.25, 0.3) is 0 Å². The lowest BCUT2D eigenvalue weighted by molar-refractivity contribution is 0.189. The van der Waals surface area contributed by atoms with Gasteiger partial charge in [-0.15, -0.1) is 0 Å². The smallest absolute Gasteiger partial charge is 0.122 e. The number of fused-ring (bicyclic) bond motifs is 1. The summed E-state index contributed by atoms with van der Waals surface area (Å²) in [6.45, 7) is 0.486. The van der Waals surface area contributed by atoms with Crippen molar-refractivity contribution in [1.29, 1.82) is 0 Å². The third-order valence-corrected chi connectivity index (χ3v) is 4.05. The van der Waals surface area contributed by atoms with E-state index < -0.39 is 5.54 Å². The number of ether oxygens (including phenoxy) is 2. The Morgan fingerprint density at radius 3 is 2.90 bits per heavy atom. The second-order valence-electron chi connectivity index (χ2n) is 5.57. The van der Waals surface area contributed by atoms with Gasteiger partial charge in [-0.1, -0.05) is 29.8 Å². The molecule has 0 fully saturated rings. The summed E-state index contributed by atoms with van der Waals surface area (Å²) in [5.74, 6) is 1.74. The monoisotopic (exact) mass is 303 g/mol. The van der Waals surface area contributed by atoms with E-state index in [-0.39, 0.29) is 0 Å². The third kappa shape index (κ3) is 2.99. The molecule has 2 aromatic carbocycles. The molecule has 0 saturated heterocycles. The Hall–Kier alpha value is -1.71. The number of halogens is 1. The van der Waals surface area contributed by atoms with Crippen molar-refractivity contribution in [1.82, 2.24) is 0 Å². The standard InChI is InChI=1S/C17H18ClNO2/c1-20-15-7-6-14(18)8-13(15)10-17(19)9-12-4-2-3-5-16(12)21-11-17/h2-8H,9-11,19H2,1H3. The molecule has 1 atom stereocenters. The minimum absolute atomic E-state index is 0.452. The van der Waals surface area contributed by atoms with E-state index in [1.165, 1.54) is 0 Å². The SMILES string of the molecule is COc1ccc(Cl)cc1CC1(N)COc2ccccc2C1. The number of nitrogens with two attached hydrogens (primary N) is 1. The first-order valence-corrected chi connectivity index (χ1v) is 7.29. The highest BCUT2D eigenvalue weighted by Gasteiger charge is 2.33. The van der Waals surface area contributed by atoms with Crippen molar-refractivity contribution >= 4 is 11.6 Å². The number of hydrogen-bond acceptors (Lipinski definition) is 3. The summed E-state index contributed by atoms with van der Waals surface area (Å²) < 4.78 is 11.2. The molecule has 110 valence electrons. The molecule has 1 aliphatic rings. The van der Waals surface area contributed by atoms with E-state index in [4.69, 9.17) is 26.8 Å². The van der Waals surface area contributed by atoms with Crippen LogP contribution in [0.4, 0.5) is 0 Å². The van der Waals surface area contributed by atoms with E-state index in [1.54, 1.807) is 7.11 Å². The lowest BCUT2D eigenvalue weighted by atomic mass is 9.84. The molecule has 3 rings (SSSR count). The zero-order chi connectivity index (χ0) is 14.9. The predicted octanol–water partition coefficient (Wildman–Crippen LogP) is 3.22. The maximum Gasteiger partial charge on any atom is 0.122 e. The average molecular weight is 304 g/mol. The van der Waals surface area contributed by atoms with E-state index in [1.807, 2.05) is 36.4 Å². The van der Waals surface area contributed by atoms with Gasteiger partial charge in [-0.2, -0.15) is 0 Å². The van der Waals surface area contributed by atoms with Crippen LogP contribution in [0.1, 0.15) is 11.1 Å². The Morgan fingerprint density at radius 1 is 1.29 bits per heavy atom. The molecule has 2 N–H and O–H groups in total. The van der Waals surface area contributed by atoms with E-state index in [9.17, 15) is 0 Å². The first kappa shape index (κ1) is 14.2. The molecular formula is C17H18ClNO2. The van der Waals surface area contributed by atoms with Crippen LogP contribution in [0.25, 0.3) is 0 Å². The highest BCUT2D eigenvalue weighted by molar-refractivity contribution is 6.30. The summed E-state index contributed by atoms with van der Waals surface area (Å²) in [5.41, 5.74) is 8.26. The molecule has 0 spiro atoms. The quantitative estimate of drug-likeness (QED) is 0.947. The minimum Gasteiger partial charge on any atom is -0.496 e. The normalized spacial score (nSPS) is 20.5. The van der Waals surface area contributed by atoms with E-state index in [0.717, 1.165) is 29.0 Å². The minimum atomic E-state index is -0.452. The maximum absolute atomic E-state index is 6.56. The van der Waals surface area contributed by atoms with Gasteiger partial charge in [-0.05, 0) is 48.2 Å². The number of benzene rings is 2. The van der Waals surface area contributed by atoms with Crippen LogP contribution in [0.3, 0.4) is 0 Å². The van der Waals surface area contributed by atoms with Crippen LogP contribution >= 0.6 is 11.6 Å². The molecule has 21 heavy (non-hydrogen) atoms. The fraction of sp³-hybridized carbons (Fsp3) is 0.294. The number of methoxy groups -OCH3 is 1. The number of rotatable bonds is 3. The van der Waals surface area contributed by atoms with Crippen molar-refractivity contribution in [3.05, 3.63) is 58.6 Å². The van der Waals surface area contributed by atoms with Crippen molar-refractivity contribution < 1.29 is 9.47 Å². The van der Waals surface area contributed by atoms with Crippen LogP contribution in [0.2, 0.25) is 5.02 Å². The van der Waals surface area contributed by atoms with Crippen molar-refractivity contribution in [3.63, 3.8) is 0 Å². The van der Waals surface area contributed by atoms with Crippen molar-refractivity contribution in [3.8, 4) is 11.5 Å². The van der Waals surface area contributed by atoms with Crippen LogP contribution in [-0.4, -0.2) is 19.3 Å². The summed E-state index contributed by atoms with van der Waals surface area (Å²) >= 11 is 6.09. The van der Waals surface area contributed by atoms with Crippen molar-refractivity contribution in [2.75, 3.05) is 13.7 Å². The van der Waals surface area contributed by atoms with Gasteiger partial charge in [-0.25, -0.2) is 0 Å². The largest absolute Gasteiger partial charge is 0.496 e. The average Bonchev–Trinajstić information content (AvgIpc) is 2.47. The summed E-state index contributed by atoms with van der Waals surface area (Å²) in [7, 11) is 1.66. The molecule has 1 aliphatic heterocycles. The van der Waals surface area contributed by atoms with Gasteiger partial charge in [0.1, 0.15) is 18.1 Å². The fourth-order valence-electron chi connectivity index (χ4n) is 2.82. The van der Waals surface area contributed by atoms with E-state index in [2.05, 4.69) is 6.07 Å². The topological polar surface area (TPSA) is 44.5 Å². The summed E-state index contributed by atoms with van der Waals surface area (Å²) in [4.78, 5) is 0. The first-order chi connectivity index (χ1) is 10.1. The van der Waals surface area contributed by atoms with Gasteiger partial charge >= 0.3 is 0 Å². The molecular weight excluding hydrogens is 286 g/mol. The molecule has 0 aromatic heterocycles. The molecule has 0 bridgehead atoms. The van der Waals surface area contributed by atoms with Crippen LogP contribution in [0.5, 0.6) is 11.5 Å². The molecule has 3 nitrogen and oxygen atoms in total.